The van der Waals surface area contributed by atoms with E-state index in [1.165, 1.54) is 49.5 Å². The number of halogens is 2. The van der Waals surface area contributed by atoms with Crippen molar-refractivity contribution in [2.45, 2.75) is 43.8 Å². The average Bonchev–Trinajstić information content (AvgIpc) is 3.06. The second-order valence-corrected chi connectivity index (χ2v) is 14.2. The lowest BCUT2D eigenvalue weighted by Gasteiger charge is -2.34. The molecule has 0 aliphatic rings. The van der Waals surface area contributed by atoms with Crippen molar-refractivity contribution in [2.75, 3.05) is 25.1 Å². The Labute approximate surface area is 289 Å². The second-order valence-electron chi connectivity index (χ2n) is 11.0. The molecule has 0 radical (unpaired) electrons. The first-order valence-corrected chi connectivity index (χ1v) is 17.4. The number of benzene rings is 4. The summed E-state index contributed by atoms with van der Waals surface area (Å²) in [7, 11) is -1.50. The van der Waals surface area contributed by atoms with Gasteiger partial charge in [0.1, 0.15) is 12.6 Å². The molecule has 0 spiro atoms. The highest BCUT2D eigenvalue weighted by Crippen LogP contribution is 2.33. The molecule has 0 aromatic heterocycles. The van der Waals surface area contributed by atoms with Crippen LogP contribution in [-0.2, 0) is 32.6 Å². The van der Waals surface area contributed by atoms with Crippen LogP contribution < -0.4 is 19.1 Å². The van der Waals surface area contributed by atoms with Gasteiger partial charge in [0, 0.05) is 34.6 Å². The molecule has 0 bridgehead atoms. The zero-order valence-corrected chi connectivity index (χ0v) is 29.7. The van der Waals surface area contributed by atoms with E-state index in [9.17, 15) is 18.0 Å². The van der Waals surface area contributed by atoms with Crippen LogP contribution >= 0.6 is 27.5 Å². The van der Waals surface area contributed by atoms with Crippen molar-refractivity contribution >= 4 is 55.1 Å². The van der Waals surface area contributed by atoms with E-state index in [0.717, 1.165) is 19.9 Å². The normalized spacial score (nSPS) is 11.9. The van der Waals surface area contributed by atoms with Gasteiger partial charge in [0.05, 0.1) is 24.8 Å². The van der Waals surface area contributed by atoms with E-state index in [2.05, 4.69) is 21.2 Å². The smallest absolute Gasteiger partial charge is 0.264 e. The number of hydrogen-bond donors (Lipinski definition) is 1. The van der Waals surface area contributed by atoms with Gasteiger partial charge in [-0.3, -0.25) is 13.9 Å². The number of sulfonamides is 1. The van der Waals surface area contributed by atoms with Gasteiger partial charge in [0.25, 0.3) is 10.0 Å². The number of nitrogens with one attached hydrogen (secondary N) is 1. The van der Waals surface area contributed by atoms with Gasteiger partial charge in [-0.25, -0.2) is 8.42 Å². The summed E-state index contributed by atoms with van der Waals surface area (Å²) in [6, 6.07) is 26.0. The van der Waals surface area contributed by atoms with Gasteiger partial charge >= 0.3 is 0 Å². The van der Waals surface area contributed by atoms with Gasteiger partial charge in [-0.1, -0.05) is 70.0 Å². The van der Waals surface area contributed by atoms with E-state index in [4.69, 9.17) is 21.1 Å². The molecular weight excluding hydrogens is 706 g/mol. The largest absolute Gasteiger partial charge is 0.493 e. The number of nitrogens with zero attached hydrogens (tertiary/aromatic N) is 2. The highest BCUT2D eigenvalue weighted by atomic mass is 79.9. The number of hydrogen-bond acceptors (Lipinski definition) is 6. The molecule has 0 unspecified atom stereocenters. The highest BCUT2D eigenvalue weighted by molar-refractivity contribution is 9.10. The molecule has 1 N–H and O–H groups in total. The summed E-state index contributed by atoms with van der Waals surface area (Å²) >= 11 is 9.60. The molecule has 1 atom stereocenters. The van der Waals surface area contributed by atoms with Crippen molar-refractivity contribution in [1.82, 2.24) is 10.2 Å². The summed E-state index contributed by atoms with van der Waals surface area (Å²) in [6.07, 6.45) is 0.213. The lowest BCUT2D eigenvalue weighted by atomic mass is 10.0. The maximum absolute atomic E-state index is 14.5. The minimum Gasteiger partial charge on any atom is -0.493 e. The lowest BCUT2D eigenvalue weighted by molar-refractivity contribution is -0.140. The molecule has 12 heteroatoms. The maximum atomic E-state index is 14.5. The zero-order valence-electron chi connectivity index (χ0n) is 26.5. The van der Waals surface area contributed by atoms with Crippen LogP contribution in [0.5, 0.6) is 11.5 Å². The summed E-state index contributed by atoms with van der Waals surface area (Å²) in [5.74, 6) is -0.371. The first-order chi connectivity index (χ1) is 22.4. The fourth-order valence-corrected chi connectivity index (χ4v) is 6.78. The Morgan fingerprint density at radius 1 is 0.851 bits per heavy atom. The highest BCUT2D eigenvalue weighted by Gasteiger charge is 2.35. The molecule has 0 aliphatic carbocycles. The van der Waals surface area contributed by atoms with Gasteiger partial charge in [-0.15, -0.1) is 0 Å². The summed E-state index contributed by atoms with van der Waals surface area (Å²) in [5, 5.41) is 3.35. The molecule has 0 saturated carbocycles. The van der Waals surface area contributed by atoms with Crippen LogP contribution in [0.1, 0.15) is 25.0 Å². The van der Waals surface area contributed by atoms with Crippen molar-refractivity contribution < 1.29 is 27.5 Å². The van der Waals surface area contributed by atoms with Gasteiger partial charge in [-0.2, -0.15) is 0 Å². The fraction of sp³-hybridized carbons (Fsp3) is 0.257. The monoisotopic (exact) mass is 741 g/mol. The van der Waals surface area contributed by atoms with E-state index in [1.54, 1.807) is 12.1 Å². The van der Waals surface area contributed by atoms with Gasteiger partial charge in [0.15, 0.2) is 11.5 Å². The van der Waals surface area contributed by atoms with Crippen LogP contribution in [0.15, 0.2) is 106 Å². The Hall–Kier alpha value is -4.06. The standard InChI is InChI=1S/C35H37BrClN3O6S/c1-24(2)38-35(42)31(20-25-8-6-5-7-9-25)39(22-26-10-12-27(36)13-11-26)34(41)23-40(29-16-14-28(37)15-17-29)47(43,44)30-18-19-32(45-3)33(21-30)46-4/h5-19,21,24,31H,20,22-23H2,1-4H3,(H,38,42)/t31-/m1/s1. The third-order valence-electron chi connectivity index (χ3n) is 7.30. The van der Waals surface area contributed by atoms with Crippen LogP contribution in [0.25, 0.3) is 0 Å². The summed E-state index contributed by atoms with van der Waals surface area (Å²) in [5.41, 5.74) is 1.82. The molecule has 4 aromatic carbocycles. The molecule has 4 rings (SSSR count). The second kappa shape index (κ2) is 16.2. The Morgan fingerprint density at radius 2 is 1.49 bits per heavy atom. The molecule has 47 heavy (non-hydrogen) atoms. The number of rotatable bonds is 14. The van der Waals surface area contributed by atoms with E-state index in [1.807, 2.05) is 68.4 Å². The van der Waals surface area contributed by atoms with Gasteiger partial charge < -0.3 is 19.7 Å². The Bertz CT molecular complexity index is 1770. The predicted octanol–water partition coefficient (Wildman–Crippen LogP) is 6.48. The lowest BCUT2D eigenvalue weighted by Crippen LogP contribution is -2.54. The average molecular weight is 743 g/mol. The summed E-state index contributed by atoms with van der Waals surface area (Å²) < 4.78 is 41.2. The van der Waals surface area contributed by atoms with E-state index >= 15 is 0 Å². The quantitative estimate of drug-likeness (QED) is 0.159. The van der Waals surface area contributed by atoms with Crippen LogP contribution in [0.3, 0.4) is 0 Å². The SMILES string of the molecule is COc1ccc(S(=O)(=O)N(CC(=O)N(Cc2ccc(Br)cc2)[C@H](Cc2ccccc2)C(=O)NC(C)C)c2ccc(Cl)cc2)cc1OC. The molecular formula is C35H37BrClN3O6S. The molecule has 0 heterocycles. The van der Waals surface area contributed by atoms with E-state index in [-0.39, 0.29) is 41.2 Å². The molecule has 0 fully saturated rings. The Balaban J connectivity index is 1.82. The van der Waals surface area contributed by atoms with Crippen molar-refractivity contribution in [3.8, 4) is 11.5 Å². The zero-order chi connectivity index (χ0) is 34.1. The molecule has 9 nitrogen and oxygen atoms in total. The summed E-state index contributed by atoms with van der Waals surface area (Å²) in [4.78, 5) is 29.7. The van der Waals surface area contributed by atoms with Gasteiger partial charge in [0.2, 0.25) is 11.8 Å². The third kappa shape index (κ3) is 9.27. The number of carbonyl (C=O) groups excluding carboxylic acids is 2. The predicted molar refractivity (Wildman–Crippen MR) is 187 cm³/mol. The number of amides is 2. The summed E-state index contributed by atoms with van der Waals surface area (Å²) in [6.45, 7) is 3.14. The number of carbonyl (C=O) groups is 2. The molecule has 0 saturated heterocycles. The first kappa shape index (κ1) is 35.8. The van der Waals surface area contributed by atoms with Crippen LogP contribution in [0.4, 0.5) is 5.69 Å². The van der Waals surface area contributed by atoms with Crippen LogP contribution in [0.2, 0.25) is 5.02 Å². The van der Waals surface area contributed by atoms with Crippen molar-refractivity contribution in [3.05, 3.63) is 118 Å². The maximum Gasteiger partial charge on any atom is 0.264 e. The van der Waals surface area contributed by atoms with Crippen molar-refractivity contribution in [2.24, 2.45) is 0 Å². The van der Waals surface area contributed by atoms with E-state index in [0.29, 0.717) is 10.8 Å². The minimum absolute atomic E-state index is 0.0555. The molecule has 248 valence electrons. The van der Waals surface area contributed by atoms with Gasteiger partial charge in [-0.05, 0) is 73.5 Å². The molecule has 4 aromatic rings. The van der Waals surface area contributed by atoms with E-state index < -0.39 is 28.5 Å². The minimum atomic E-state index is -4.35. The molecule has 0 aliphatic heterocycles. The topological polar surface area (TPSA) is 105 Å². The number of methoxy groups -OCH3 is 2. The van der Waals surface area contributed by atoms with Crippen LogP contribution in [-0.4, -0.2) is 58.0 Å². The number of anilines is 1. The first-order valence-electron chi connectivity index (χ1n) is 14.8. The molecule has 2 amide bonds. The van der Waals surface area contributed by atoms with Crippen LogP contribution in [0, 0.1) is 0 Å². The Kier molecular flexibility index (Phi) is 12.3. The van der Waals surface area contributed by atoms with Crippen molar-refractivity contribution in [1.29, 1.82) is 0 Å². The number of ether oxygens (including phenoxy) is 2. The van der Waals surface area contributed by atoms with Crippen molar-refractivity contribution in [3.63, 3.8) is 0 Å². The fourth-order valence-electron chi connectivity index (χ4n) is 4.96. The Morgan fingerprint density at radius 3 is 2.09 bits per heavy atom. The third-order valence-corrected chi connectivity index (χ3v) is 9.86.